The standard InChI is InChI=1S/C19H20N2O3/c1-13-9-10-15(11-20-13)19(23)24-12-18(22)21-17-8-4-6-14-5-2-3-7-16(14)17/h2-3,5,7,9-11,17H,4,6,8,12H2,1H3,(H,21,22). The number of carbonyl (C=O) groups excluding carboxylic acids is 2. The molecule has 1 atom stereocenters. The van der Waals surface area contributed by atoms with Gasteiger partial charge in [-0.15, -0.1) is 0 Å². The quantitative estimate of drug-likeness (QED) is 0.878. The van der Waals surface area contributed by atoms with Crippen LogP contribution in [-0.4, -0.2) is 23.5 Å². The van der Waals surface area contributed by atoms with Gasteiger partial charge in [0.1, 0.15) is 0 Å². The number of benzene rings is 1. The van der Waals surface area contributed by atoms with Crippen LogP contribution in [0.2, 0.25) is 0 Å². The van der Waals surface area contributed by atoms with Crippen molar-refractivity contribution in [2.24, 2.45) is 0 Å². The Balaban J connectivity index is 1.55. The lowest BCUT2D eigenvalue weighted by Gasteiger charge is -2.26. The first kappa shape index (κ1) is 16.2. The Kier molecular flexibility index (Phi) is 4.89. The van der Waals surface area contributed by atoms with Crippen molar-refractivity contribution in [3.05, 3.63) is 65.0 Å². The van der Waals surface area contributed by atoms with Crippen LogP contribution >= 0.6 is 0 Å². The number of hydrogen-bond donors (Lipinski definition) is 1. The van der Waals surface area contributed by atoms with Gasteiger partial charge in [-0.2, -0.15) is 0 Å². The second kappa shape index (κ2) is 7.25. The van der Waals surface area contributed by atoms with Gasteiger partial charge in [0.2, 0.25) is 0 Å². The third kappa shape index (κ3) is 3.79. The Morgan fingerprint density at radius 1 is 1.25 bits per heavy atom. The molecular formula is C19H20N2O3. The maximum absolute atomic E-state index is 12.1. The molecular weight excluding hydrogens is 304 g/mol. The van der Waals surface area contributed by atoms with Crippen LogP contribution in [0.15, 0.2) is 42.6 Å². The number of nitrogens with one attached hydrogen (secondary N) is 1. The average Bonchev–Trinajstić information content (AvgIpc) is 2.61. The molecule has 1 aromatic heterocycles. The zero-order valence-corrected chi connectivity index (χ0v) is 13.6. The van der Waals surface area contributed by atoms with Crippen molar-refractivity contribution in [3.8, 4) is 0 Å². The minimum atomic E-state index is -0.540. The van der Waals surface area contributed by atoms with Crippen molar-refractivity contribution in [1.29, 1.82) is 0 Å². The number of nitrogens with zero attached hydrogens (tertiary/aromatic N) is 1. The third-order valence-electron chi connectivity index (χ3n) is 4.19. The summed E-state index contributed by atoms with van der Waals surface area (Å²) in [6.07, 6.45) is 4.43. The van der Waals surface area contributed by atoms with Crippen molar-refractivity contribution in [2.75, 3.05) is 6.61 Å². The maximum Gasteiger partial charge on any atom is 0.340 e. The van der Waals surface area contributed by atoms with E-state index in [0.29, 0.717) is 5.56 Å². The molecule has 5 nitrogen and oxygen atoms in total. The first-order chi connectivity index (χ1) is 11.6. The van der Waals surface area contributed by atoms with Gasteiger partial charge in [-0.3, -0.25) is 9.78 Å². The number of esters is 1. The van der Waals surface area contributed by atoms with Gasteiger partial charge in [0, 0.05) is 11.9 Å². The lowest BCUT2D eigenvalue weighted by Crippen LogP contribution is -2.34. The highest BCUT2D eigenvalue weighted by Crippen LogP contribution is 2.29. The minimum Gasteiger partial charge on any atom is -0.452 e. The van der Waals surface area contributed by atoms with E-state index < -0.39 is 5.97 Å². The second-order valence-electron chi connectivity index (χ2n) is 5.98. The predicted molar refractivity (Wildman–Crippen MR) is 89.5 cm³/mol. The molecule has 0 saturated carbocycles. The number of fused-ring (bicyclic) bond motifs is 1. The molecule has 2 aromatic rings. The summed E-state index contributed by atoms with van der Waals surface area (Å²) < 4.78 is 5.07. The lowest BCUT2D eigenvalue weighted by molar-refractivity contribution is -0.125. The van der Waals surface area contributed by atoms with E-state index in [0.717, 1.165) is 30.5 Å². The van der Waals surface area contributed by atoms with E-state index in [-0.39, 0.29) is 18.6 Å². The van der Waals surface area contributed by atoms with Gasteiger partial charge in [-0.05, 0) is 49.4 Å². The largest absolute Gasteiger partial charge is 0.452 e. The van der Waals surface area contributed by atoms with E-state index in [1.165, 1.54) is 11.8 Å². The molecule has 0 radical (unpaired) electrons. The molecule has 0 fully saturated rings. The topological polar surface area (TPSA) is 68.3 Å². The smallest absolute Gasteiger partial charge is 0.340 e. The second-order valence-corrected chi connectivity index (χ2v) is 5.98. The summed E-state index contributed by atoms with van der Waals surface area (Å²) in [5.41, 5.74) is 3.60. The number of rotatable bonds is 4. The number of hydrogen-bond acceptors (Lipinski definition) is 4. The highest BCUT2D eigenvalue weighted by Gasteiger charge is 2.21. The van der Waals surface area contributed by atoms with Gasteiger partial charge >= 0.3 is 5.97 Å². The van der Waals surface area contributed by atoms with E-state index in [9.17, 15) is 9.59 Å². The van der Waals surface area contributed by atoms with E-state index in [1.807, 2.05) is 25.1 Å². The van der Waals surface area contributed by atoms with Gasteiger partial charge < -0.3 is 10.1 Å². The SMILES string of the molecule is Cc1ccc(C(=O)OCC(=O)NC2CCCc3ccccc32)cn1. The van der Waals surface area contributed by atoms with Crippen LogP contribution in [0.25, 0.3) is 0 Å². The predicted octanol–water partition coefficient (Wildman–Crippen LogP) is 2.74. The highest BCUT2D eigenvalue weighted by molar-refractivity contribution is 5.91. The molecule has 1 unspecified atom stereocenters. The zero-order valence-electron chi connectivity index (χ0n) is 13.6. The normalized spacial score (nSPS) is 16.1. The molecule has 0 aliphatic heterocycles. The summed E-state index contributed by atoms with van der Waals surface area (Å²) in [6.45, 7) is 1.55. The van der Waals surface area contributed by atoms with Crippen molar-refractivity contribution in [3.63, 3.8) is 0 Å². The minimum absolute atomic E-state index is 0.0119. The summed E-state index contributed by atoms with van der Waals surface area (Å²) in [6, 6.07) is 11.5. The number of aryl methyl sites for hydroxylation is 2. The van der Waals surface area contributed by atoms with Crippen molar-refractivity contribution in [1.82, 2.24) is 10.3 Å². The van der Waals surface area contributed by atoms with E-state index in [1.54, 1.807) is 12.1 Å². The Morgan fingerprint density at radius 2 is 2.08 bits per heavy atom. The van der Waals surface area contributed by atoms with Crippen molar-refractivity contribution >= 4 is 11.9 Å². The molecule has 1 aromatic carbocycles. The molecule has 1 aliphatic carbocycles. The number of ether oxygens (including phenoxy) is 1. The summed E-state index contributed by atoms with van der Waals surface area (Å²) in [5, 5.41) is 2.96. The van der Waals surface area contributed by atoms with Gasteiger partial charge in [-0.1, -0.05) is 24.3 Å². The number of amides is 1. The fourth-order valence-electron chi connectivity index (χ4n) is 2.94. The Labute approximate surface area is 141 Å². The van der Waals surface area contributed by atoms with Crippen molar-refractivity contribution in [2.45, 2.75) is 32.2 Å². The van der Waals surface area contributed by atoms with Gasteiger partial charge in [0.25, 0.3) is 5.91 Å². The first-order valence-corrected chi connectivity index (χ1v) is 8.10. The Bertz CT molecular complexity index is 741. The van der Waals surface area contributed by atoms with Gasteiger partial charge in [0.05, 0.1) is 11.6 Å². The van der Waals surface area contributed by atoms with Crippen LogP contribution in [0.1, 0.15) is 46.1 Å². The third-order valence-corrected chi connectivity index (χ3v) is 4.19. The fourth-order valence-corrected chi connectivity index (χ4v) is 2.94. The highest BCUT2D eigenvalue weighted by atomic mass is 16.5. The maximum atomic E-state index is 12.1. The van der Waals surface area contributed by atoms with Crippen LogP contribution in [0.4, 0.5) is 0 Å². The van der Waals surface area contributed by atoms with Crippen molar-refractivity contribution < 1.29 is 14.3 Å². The zero-order chi connectivity index (χ0) is 16.9. The first-order valence-electron chi connectivity index (χ1n) is 8.10. The van der Waals surface area contributed by atoms with E-state index in [2.05, 4.69) is 16.4 Å². The molecule has 1 heterocycles. The summed E-state index contributed by atoms with van der Waals surface area (Å²) in [5.74, 6) is -0.827. The molecule has 0 spiro atoms. The monoisotopic (exact) mass is 324 g/mol. The Hall–Kier alpha value is -2.69. The number of aromatic nitrogens is 1. The average molecular weight is 324 g/mol. The van der Waals surface area contributed by atoms with Crippen LogP contribution in [0.3, 0.4) is 0 Å². The lowest BCUT2D eigenvalue weighted by atomic mass is 9.88. The van der Waals surface area contributed by atoms with Gasteiger partial charge in [0.15, 0.2) is 6.61 Å². The van der Waals surface area contributed by atoms with Crippen LogP contribution in [0, 0.1) is 6.92 Å². The molecule has 0 saturated heterocycles. The number of carbonyl (C=O) groups is 2. The molecule has 1 aliphatic rings. The van der Waals surface area contributed by atoms with Gasteiger partial charge in [-0.25, -0.2) is 4.79 Å². The molecule has 1 amide bonds. The van der Waals surface area contributed by atoms with Crippen LogP contribution in [-0.2, 0) is 16.0 Å². The molecule has 5 heteroatoms. The fraction of sp³-hybridized carbons (Fsp3) is 0.316. The molecule has 1 N–H and O–H groups in total. The molecule has 24 heavy (non-hydrogen) atoms. The van der Waals surface area contributed by atoms with Crippen LogP contribution in [0.5, 0.6) is 0 Å². The summed E-state index contributed by atoms with van der Waals surface area (Å²) >= 11 is 0. The summed E-state index contributed by atoms with van der Waals surface area (Å²) in [7, 11) is 0. The van der Waals surface area contributed by atoms with E-state index in [4.69, 9.17) is 4.74 Å². The van der Waals surface area contributed by atoms with Crippen LogP contribution < -0.4 is 5.32 Å². The number of pyridine rings is 1. The molecule has 3 rings (SSSR count). The molecule has 0 bridgehead atoms. The Morgan fingerprint density at radius 3 is 2.88 bits per heavy atom. The molecule has 124 valence electrons. The summed E-state index contributed by atoms with van der Waals surface area (Å²) in [4.78, 5) is 28.1. The van der Waals surface area contributed by atoms with E-state index >= 15 is 0 Å².